The first-order chi connectivity index (χ1) is 12.4. The molecule has 0 heterocycles. The summed E-state index contributed by atoms with van der Waals surface area (Å²) >= 11 is 0. The van der Waals surface area contributed by atoms with Crippen LogP contribution in [0.1, 0.15) is 29.8 Å². The molecule has 0 aliphatic heterocycles. The molecule has 2 amide bonds. The van der Waals surface area contributed by atoms with E-state index in [1.807, 2.05) is 38.1 Å². The van der Waals surface area contributed by atoms with Gasteiger partial charge in [0.05, 0.1) is 14.2 Å². The van der Waals surface area contributed by atoms with Crippen LogP contribution in [-0.2, 0) is 11.3 Å². The van der Waals surface area contributed by atoms with E-state index in [1.54, 1.807) is 18.2 Å². The number of hydrogen-bond acceptors (Lipinski definition) is 4. The number of nitrogens with one attached hydrogen (secondary N) is 2. The predicted molar refractivity (Wildman–Crippen MR) is 101 cm³/mol. The Hall–Kier alpha value is -3.02. The monoisotopic (exact) mass is 356 g/mol. The quantitative estimate of drug-likeness (QED) is 0.798. The zero-order chi connectivity index (χ0) is 19.1. The molecular weight excluding hydrogens is 332 g/mol. The van der Waals surface area contributed by atoms with Gasteiger partial charge in [0.15, 0.2) is 0 Å². The molecule has 0 bridgehead atoms. The van der Waals surface area contributed by atoms with Gasteiger partial charge in [0.25, 0.3) is 5.91 Å². The molecule has 0 atom stereocenters. The van der Waals surface area contributed by atoms with E-state index in [-0.39, 0.29) is 17.7 Å². The molecule has 0 fully saturated rings. The zero-order valence-corrected chi connectivity index (χ0v) is 15.5. The molecule has 0 radical (unpaired) electrons. The molecule has 0 aromatic heterocycles. The maximum absolute atomic E-state index is 12.4. The third-order valence-electron chi connectivity index (χ3n) is 3.81. The van der Waals surface area contributed by atoms with Crippen molar-refractivity contribution in [3.05, 3.63) is 53.6 Å². The summed E-state index contributed by atoms with van der Waals surface area (Å²) < 4.78 is 10.4. The number of rotatable bonds is 7. The topological polar surface area (TPSA) is 76.7 Å². The highest BCUT2D eigenvalue weighted by Gasteiger charge is 2.10. The maximum Gasteiger partial charge on any atom is 0.251 e. The molecule has 6 heteroatoms. The molecule has 2 aromatic carbocycles. The lowest BCUT2D eigenvalue weighted by Crippen LogP contribution is -2.23. The molecule has 6 nitrogen and oxygen atoms in total. The smallest absolute Gasteiger partial charge is 0.251 e. The number of anilines is 1. The van der Waals surface area contributed by atoms with E-state index >= 15 is 0 Å². The first-order valence-corrected chi connectivity index (χ1v) is 8.34. The standard InChI is InChI=1S/C20H24N2O4/c1-13(2)19(23)22-16-7-5-14(6-8-16)12-21-20(24)15-9-17(25-3)11-18(10-15)26-4/h5-11,13H,12H2,1-4H3,(H,21,24)(H,22,23). The Morgan fingerprint density at radius 3 is 2.04 bits per heavy atom. The number of ether oxygens (including phenoxy) is 2. The van der Waals surface area contributed by atoms with Crippen molar-refractivity contribution in [3.63, 3.8) is 0 Å². The Morgan fingerprint density at radius 2 is 1.54 bits per heavy atom. The Morgan fingerprint density at radius 1 is 0.962 bits per heavy atom. The Labute approximate surface area is 153 Å². The second-order valence-electron chi connectivity index (χ2n) is 6.12. The summed E-state index contributed by atoms with van der Waals surface area (Å²) in [5, 5.41) is 5.69. The van der Waals surface area contributed by atoms with Crippen molar-refractivity contribution in [2.24, 2.45) is 5.92 Å². The van der Waals surface area contributed by atoms with Crippen LogP contribution in [0.4, 0.5) is 5.69 Å². The largest absolute Gasteiger partial charge is 0.497 e. The van der Waals surface area contributed by atoms with Crippen molar-refractivity contribution in [1.82, 2.24) is 5.32 Å². The van der Waals surface area contributed by atoms with Crippen LogP contribution in [0, 0.1) is 5.92 Å². The van der Waals surface area contributed by atoms with Gasteiger partial charge < -0.3 is 20.1 Å². The molecule has 0 spiro atoms. The molecule has 0 saturated heterocycles. The molecule has 26 heavy (non-hydrogen) atoms. The molecular formula is C20H24N2O4. The molecule has 0 saturated carbocycles. The SMILES string of the molecule is COc1cc(OC)cc(C(=O)NCc2ccc(NC(=O)C(C)C)cc2)c1. The molecule has 2 aromatic rings. The number of hydrogen-bond donors (Lipinski definition) is 2. The minimum Gasteiger partial charge on any atom is -0.497 e. The summed E-state index contributed by atoms with van der Waals surface area (Å²) in [7, 11) is 3.08. The maximum atomic E-state index is 12.4. The highest BCUT2D eigenvalue weighted by atomic mass is 16.5. The molecule has 0 unspecified atom stereocenters. The van der Waals surface area contributed by atoms with Crippen molar-refractivity contribution < 1.29 is 19.1 Å². The summed E-state index contributed by atoms with van der Waals surface area (Å²) in [5.41, 5.74) is 2.12. The van der Waals surface area contributed by atoms with Gasteiger partial charge in [-0.2, -0.15) is 0 Å². The van der Waals surface area contributed by atoms with E-state index < -0.39 is 0 Å². The summed E-state index contributed by atoms with van der Waals surface area (Å²) in [6.07, 6.45) is 0. The lowest BCUT2D eigenvalue weighted by Gasteiger charge is -2.10. The van der Waals surface area contributed by atoms with E-state index in [4.69, 9.17) is 9.47 Å². The minimum atomic E-state index is -0.223. The van der Waals surface area contributed by atoms with Crippen molar-refractivity contribution in [2.75, 3.05) is 19.5 Å². The van der Waals surface area contributed by atoms with Crippen LogP contribution >= 0.6 is 0 Å². The first-order valence-electron chi connectivity index (χ1n) is 8.34. The van der Waals surface area contributed by atoms with Crippen LogP contribution in [0.5, 0.6) is 11.5 Å². The molecule has 138 valence electrons. The van der Waals surface area contributed by atoms with Gasteiger partial charge in [0.1, 0.15) is 11.5 Å². The van der Waals surface area contributed by atoms with Gasteiger partial charge in [0, 0.05) is 29.8 Å². The number of carbonyl (C=O) groups excluding carboxylic acids is 2. The van der Waals surface area contributed by atoms with Crippen LogP contribution < -0.4 is 20.1 Å². The lowest BCUT2D eigenvalue weighted by atomic mass is 10.1. The molecule has 2 rings (SSSR count). The average Bonchev–Trinajstić information content (AvgIpc) is 2.66. The minimum absolute atomic E-state index is 0.0296. The summed E-state index contributed by atoms with van der Waals surface area (Å²) in [6, 6.07) is 12.4. The summed E-state index contributed by atoms with van der Waals surface area (Å²) in [6.45, 7) is 4.05. The van der Waals surface area contributed by atoms with E-state index in [9.17, 15) is 9.59 Å². The number of methoxy groups -OCH3 is 2. The van der Waals surface area contributed by atoms with E-state index in [1.165, 1.54) is 14.2 Å². The van der Waals surface area contributed by atoms with Crippen molar-refractivity contribution in [1.29, 1.82) is 0 Å². The van der Waals surface area contributed by atoms with E-state index in [0.717, 1.165) is 11.3 Å². The summed E-state index contributed by atoms with van der Waals surface area (Å²) in [4.78, 5) is 24.0. The van der Waals surface area contributed by atoms with Crippen molar-refractivity contribution in [3.8, 4) is 11.5 Å². The molecule has 2 N–H and O–H groups in total. The number of benzene rings is 2. The fourth-order valence-corrected chi connectivity index (χ4v) is 2.22. The van der Waals surface area contributed by atoms with Gasteiger partial charge in [-0.3, -0.25) is 9.59 Å². The fraction of sp³-hybridized carbons (Fsp3) is 0.300. The van der Waals surface area contributed by atoms with E-state index in [2.05, 4.69) is 10.6 Å². The second-order valence-corrected chi connectivity index (χ2v) is 6.12. The number of amides is 2. The van der Waals surface area contributed by atoms with Crippen LogP contribution in [-0.4, -0.2) is 26.0 Å². The van der Waals surface area contributed by atoms with Crippen LogP contribution in [0.2, 0.25) is 0 Å². The molecule has 0 aliphatic carbocycles. The lowest BCUT2D eigenvalue weighted by molar-refractivity contribution is -0.118. The van der Waals surface area contributed by atoms with Crippen LogP contribution in [0.3, 0.4) is 0 Å². The highest BCUT2D eigenvalue weighted by Crippen LogP contribution is 2.22. The third kappa shape index (κ3) is 5.24. The van der Waals surface area contributed by atoms with E-state index in [0.29, 0.717) is 23.6 Å². The fourth-order valence-electron chi connectivity index (χ4n) is 2.22. The third-order valence-corrected chi connectivity index (χ3v) is 3.81. The first kappa shape index (κ1) is 19.3. The van der Waals surface area contributed by atoms with Crippen LogP contribution in [0.15, 0.2) is 42.5 Å². The average molecular weight is 356 g/mol. The van der Waals surface area contributed by atoms with Gasteiger partial charge in [0.2, 0.25) is 5.91 Å². The highest BCUT2D eigenvalue weighted by molar-refractivity contribution is 5.95. The molecule has 0 aliphatic rings. The normalized spacial score (nSPS) is 10.3. The summed E-state index contributed by atoms with van der Waals surface area (Å²) in [5.74, 6) is 0.783. The van der Waals surface area contributed by atoms with Gasteiger partial charge in [-0.15, -0.1) is 0 Å². The van der Waals surface area contributed by atoms with Gasteiger partial charge in [-0.1, -0.05) is 26.0 Å². The van der Waals surface area contributed by atoms with Crippen molar-refractivity contribution >= 4 is 17.5 Å². The van der Waals surface area contributed by atoms with Gasteiger partial charge in [-0.25, -0.2) is 0 Å². The van der Waals surface area contributed by atoms with Crippen molar-refractivity contribution in [2.45, 2.75) is 20.4 Å². The van der Waals surface area contributed by atoms with Gasteiger partial charge >= 0.3 is 0 Å². The van der Waals surface area contributed by atoms with Gasteiger partial charge in [-0.05, 0) is 29.8 Å². The number of carbonyl (C=O) groups is 2. The second kappa shape index (κ2) is 8.89. The Balaban J connectivity index is 1.98. The Bertz CT molecular complexity index is 748. The zero-order valence-electron chi connectivity index (χ0n) is 15.5. The predicted octanol–water partition coefficient (Wildman–Crippen LogP) is 3.23. The Kier molecular flexibility index (Phi) is 6.60. The van der Waals surface area contributed by atoms with Crippen LogP contribution in [0.25, 0.3) is 0 Å².